The zero-order valence-corrected chi connectivity index (χ0v) is 30.1. The van der Waals surface area contributed by atoms with E-state index in [4.69, 9.17) is 52.1 Å². The van der Waals surface area contributed by atoms with E-state index in [9.17, 15) is 33.6 Å². The van der Waals surface area contributed by atoms with Crippen molar-refractivity contribution in [3.05, 3.63) is 29.8 Å². The molecule has 2 aliphatic rings. The molecule has 2 fully saturated rings. The van der Waals surface area contributed by atoms with Crippen LogP contribution in [0.5, 0.6) is 5.75 Å². The van der Waals surface area contributed by atoms with Crippen LogP contribution in [-0.4, -0.2) is 116 Å². The van der Waals surface area contributed by atoms with E-state index in [1.807, 2.05) is 6.92 Å². The average Bonchev–Trinajstić information content (AvgIpc) is 3.03. The van der Waals surface area contributed by atoms with Gasteiger partial charge in [-0.15, -0.1) is 0 Å². The molecule has 2 saturated heterocycles. The smallest absolute Gasteiger partial charge is 0.303 e. The van der Waals surface area contributed by atoms with E-state index in [0.29, 0.717) is 0 Å². The highest BCUT2D eigenvalue weighted by Crippen LogP contribution is 2.36. The van der Waals surface area contributed by atoms with Crippen LogP contribution >= 0.6 is 0 Å². The van der Waals surface area contributed by atoms with Crippen molar-refractivity contribution in [2.45, 2.75) is 123 Å². The maximum Gasteiger partial charge on any atom is 0.303 e. The van der Waals surface area contributed by atoms with Crippen molar-refractivity contribution < 1.29 is 85.7 Å². The molecule has 0 amide bonds. The molecule has 0 unspecified atom stereocenters. The summed E-state index contributed by atoms with van der Waals surface area (Å²) in [5.74, 6) is -5.53. The molecule has 18 heteroatoms. The van der Waals surface area contributed by atoms with E-state index < -0.39 is 116 Å². The second kappa shape index (κ2) is 19.1. The van der Waals surface area contributed by atoms with Gasteiger partial charge in [-0.2, -0.15) is 0 Å². The highest BCUT2D eigenvalue weighted by molar-refractivity contribution is 5.69. The van der Waals surface area contributed by atoms with E-state index in [-0.39, 0.29) is 5.75 Å². The summed E-state index contributed by atoms with van der Waals surface area (Å²) in [4.78, 5) is 85.7. The van der Waals surface area contributed by atoms with E-state index in [2.05, 4.69) is 0 Å². The number of hydrogen-bond acceptors (Lipinski definition) is 18. The summed E-state index contributed by atoms with van der Waals surface area (Å²) >= 11 is 0. The first-order valence-corrected chi connectivity index (χ1v) is 16.3. The summed E-state index contributed by atoms with van der Waals surface area (Å²) in [6, 6.07) is 6.90. The van der Waals surface area contributed by atoms with Crippen LogP contribution in [0, 0.1) is 0 Å². The highest BCUT2D eigenvalue weighted by Gasteiger charge is 2.58. The molecule has 52 heavy (non-hydrogen) atoms. The summed E-state index contributed by atoms with van der Waals surface area (Å²) in [5.41, 5.74) is 0.997. The molecule has 2 heterocycles. The molecule has 2 aliphatic heterocycles. The number of aryl methyl sites for hydroxylation is 1. The molecule has 18 nitrogen and oxygen atoms in total. The van der Waals surface area contributed by atoms with Crippen LogP contribution in [0.3, 0.4) is 0 Å². The SMILES string of the molecule is CCc1ccc(O[C@H]2O[C@@H](COC(C)=O)[C@@H](O[C@H]3O[C@@H](COC(C)=O)[C@@H](OC(C)=O)[C@@H](OC(C)=O)[C@H]3OC(C)=O)[C@@H](OC(C)=O)[C@H]2OC(C)=O)cc1. The van der Waals surface area contributed by atoms with Gasteiger partial charge in [0.05, 0.1) is 0 Å². The first kappa shape index (κ1) is 41.6. The van der Waals surface area contributed by atoms with Gasteiger partial charge in [-0.05, 0) is 24.1 Å². The van der Waals surface area contributed by atoms with Crippen molar-refractivity contribution in [1.82, 2.24) is 0 Å². The van der Waals surface area contributed by atoms with Gasteiger partial charge in [0.25, 0.3) is 0 Å². The van der Waals surface area contributed by atoms with Gasteiger partial charge in [0.1, 0.15) is 37.3 Å². The molecule has 10 atom stereocenters. The minimum absolute atomic E-state index is 0.283. The lowest BCUT2D eigenvalue weighted by Crippen LogP contribution is -2.67. The zero-order chi connectivity index (χ0) is 38.7. The Hall–Kier alpha value is -4.81. The fourth-order valence-electron chi connectivity index (χ4n) is 5.51. The van der Waals surface area contributed by atoms with Crippen LogP contribution in [0.25, 0.3) is 0 Å². The van der Waals surface area contributed by atoms with Crippen molar-refractivity contribution >= 4 is 41.8 Å². The van der Waals surface area contributed by atoms with Crippen LogP contribution < -0.4 is 4.74 Å². The number of ether oxygens (including phenoxy) is 11. The number of hydrogen-bond donors (Lipinski definition) is 0. The Kier molecular flexibility index (Phi) is 15.3. The zero-order valence-electron chi connectivity index (χ0n) is 30.1. The summed E-state index contributed by atoms with van der Waals surface area (Å²) in [6.45, 7) is 8.42. The van der Waals surface area contributed by atoms with Gasteiger partial charge in [-0.25, -0.2) is 0 Å². The van der Waals surface area contributed by atoms with Crippen molar-refractivity contribution in [2.24, 2.45) is 0 Å². The Morgan fingerprint density at radius 3 is 1.33 bits per heavy atom. The Balaban J connectivity index is 2.16. The monoisotopic (exact) mass is 740 g/mol. The van der Waals surface area contributed by atoms with Gasteiger partial charge in [0, 0.05) is 48.5 Å². The lowest BCUT2D eigenvalue weighted by molar-refractivity contribution is -0.354. The Bertz CT molecular complexity index is 1440. The molecular weight excluding hydrogens is 696 g/mol. The van der Waals surface area contributed by atoms with Crippen LogP contribution in [0.2, 0.25) is 0 Å². The number of benzene rings is 1. The summed E-state index contributed by atoms with van der Waals surface area (Å²) in [7, 11) is 0. The molecule has 0 bridgehead atoms. The largest absolute Gasteiger partial charge is 0.463 e. The quantitative estimate of drug-likeness (QED) is 0.193. The van der Waals surface area contributed by atoms with E-state index in [0.717, 1.165) is 60.5 Å². The lowest BCUT2D eigenvalue weighted by atomic mass is 9.96. The molecule has 3 rings (SSSR count). The Labute approximate surface area is 299 Å². The van der Waals surface area contributed by atoms with E-state index >= 15 is 0 Å². The minimum Gasteiger partial charge on any atom is -0.463 e. The molecule has 1 aromatic carbocycles. The fourth-order valence-corrected chi connectivity index (χ4v) is 5.51. The van der Waals surface area contributed by atoms with Gasteiger partial charge >= 0.3 is 41.8 Å². The van der Waals surface area contributed by atoms with Crippen molar-refractivity contribution in [3.63, 3.8) is 0 Å². The van der Waals surface area contributed by atoms with Gasteiger partial charge < -0.3 is 52.1 Å². The van der Waals surface area contributed by atoms with Gasteiger partial charge in [0.2, 0.25) is 12.4 Å². The second-order valence-corrected chi connectivity index (χ2v) is 11.8. The maximum absolute atomic E-state index is 12.6. The van der Waals surface area contributed by atoms with E-state index in [1.54, 1.807) is 24.3 Å². The Morgan fingerprint density at radius 1 is 0.500 bits per heavy atom. The standard InChI is InChI=1S/C34H44O18/c1-9-23-10-12-24(13-11-23)49-33-31(47-21(7)40)30(46-20(6)39)28(26(50-33)15-43-17(3)36)52-34-32(48-22(8)41)29(45-19(5)38)27(44-18(4)37)25(51-34)14-42-16(2)35/h10-13,25-34H,9,14-15H2,1-8H3/t25-,26-,27+,28+,29+,30+,31+,32+,33-,34+/m0/s1. The third kappa shape index (κ3) is 12.2. The fraction of sp³-hybridized carbons (Fsp3) is 0.618. The third-order valence-electron chi connectivity index (χ3n) is 7.47. The van der Waals surface area contributed by atoms with E-state index in [1.165, 1.54) is 0 Å². The maximum atomic E-state index is 12.6. The molecule has 0 N–H and O–H groups in total. The van der Waals surface area contributed by atoms with Crippen LogP contribution in [0.4, 0.5) is 0 Å². The predicted molar refractivity (Wildman–Crippen MR) is 170 cm³/mol. The summed E-state index contributed by atoms with van der Waals surface area (Å²) < 4.78 is 62.6. The van der Waals surface area contributed by atoms with Crippen molar-refractivity contribution in [1.29, 1.82) is 0 Å². The topological polar surface area (TPSA) is 221 Å². The van der Waals surface area contributed by atoms with Gasteiger partial charge in [-0.1, -0.05) is 19.1 Å². The van der Waals surface area contributed by atoms with Gasteiger partial charge in [-0.3, -0.25) is 33.6 Å². The highest BCUT2D eigenvalue weighted by atomic mass is 16.8. The molecule has 0 aliphatic carbocycles. The molecule has 0 aromatic heterocycles. The lowest BCUT2D eigenvalue weighted by Gasteiger charge is -2.48. The van der Waals surface area contributed by atoms with Gasteiger partial charge in [0.15, 0.2) is 30.7 Å². The number of rotatable bonds is 14. The first-order valence-electron chi connectivity index (χ1n) is 16.3. The molecule has 0 radical (unpaired) electrons. The predicted octanol–water partition coefficient (Wildman–Crippen LogP) is 1.25. The summed E-state index contributed by atoms with van der Waals surface area (Å²) in [6.07, 6.45) is -14.8. The minimum atomic E-state index is -1.79. The Morgan fingerprint density at radius 2 is 0.885 bits per heavy atom. The molecule has 288 valence electrons. The third-order valence-corrected chi connectivity index (χ3v) is 7.47. The molecule has 1 aromatic rings. The average molecular weight is 741 g/mol. The van der Waals surface area contributed by atoms with Crippen molar-refractivity contribution in [2.75, 3.05) is 13.2 Å². The van der Waals surface area contributed by atoms with Crippen molar-refractivity contribution in [3.8, 4) is 5.75 Å². The van der Waals surface area contributed by atoms with Crippen LogP contribution in [0.15, 0.2) is 24.3 Å². The first-order chi connectivity index (χ1) is 24.5. The summed E-state index contributed by atoms with van der Waals surface area (Å²) in [5, 5.41) is 0. The molecule has 0 spiro atoms. The van der Waals surface area contributed by atoms with Crippen LogP contribution in [-0.2, 0) is 87.4 Å². The number of carbonyl (C=O) groups excluding carboxylic acids is 7. The molecular formula is C34H44O18. The molecule has 0 saturated carbocycles. The number of esters is 7. The second-order valence-electron chi connectivity index (χ2n) is 11.8. The normalized spacial score (nSPS) is 28.3. The van der Waals surface area contributed by atoms with Crippen LogP contribution in [0.1, 0.15) is 61.0 Å². The number of carbonyl (C=O) groups is 7.